The highest BCUT2D eigenvalue weighted by molar-refractivity contribution is 5.68. The van der Waals surface area contributed by atoms with E-state index < -0.39 is 5.60 Å². The quantitative estimate of drug-likeness (QED) is 0.621. The van der Waals surface area contributed by atoms with Gasteiger partial charge in [-0.15, -0.1) is 0 Å². The first-order chi connectivity index (χ1) is 8.40. The number of nitrogens with one attached hydrogen (secondary N) is 1. The Morgan fingerprint density at radius 3 is 2.33 bits per heavy atom. The van der Waals surface area contributed by atoms with Crippen molar-refractivity contribution in [2.45, 2.75) is 58.1 Å². The van der Waals surface area contributed by atoms with Crippen molar-refractivity contribution >= 4 is 12.4 Å². The molecule has 0 radical (unpaired) electrons. The largest absolute Gasteiger partial charge is 0.444 e. The van der Waals surface area contributed by atoms with Crippen LogP contribution in [0.15, 0.2) is 12.2 Å². The Labute approximate surface area is 109 Å². The molecule has 18 heavy (non-hydrogen) atoms. The highest BCUT2D eigenvalue weighted by Gasteiger charge is 2.23. The minimum Gasteiger partial charge on any atom is -0.444 e. The van der Waals surface area contributed by atoms with Gasteiger partial charge in [-0.3, -0.25) is 4.79 Å². The third kappa shape index (κ3) is 5.84. The zero-order valence-electron chi connectivity index (χ0n) is 11.4. The summed E-state index contributed by atoms with van der Waals surface area (Å²) >= 11 is 0. The smallest absolute Gasteiger partial charge is 0.407 e. The Balaban J connectivity index is 2.29. The average molecular weight is 253 g/mol. The van der Waals surface area contributed by atoms with Crippen molar-refractivity contribution in [1.82, 2.24) is 5.32 Å². The lowest BCUT2D eigenvalue weighted by atomic mass is 9.86. The molecular formula is C14H23NO3. The molecule has 0 saturated heterocycles. The van der Waals surface area contributed by atoms with Crippen LogP contribution in [-0.4, -0.2) is 24.0 Å². The summed E-state index contributed by atoms with van der Waals surface area (Å²) in [4.78, 5) is 21.8. The normalized spacial score (nSPS) is 24.8. The van der Waals surface area contributed by atoms with Crippen LogP contribution in [0, 0.1) is 5.92 Å². The lowest BCUT2D eigenvalue weighted by Gasteiger charge is -2.28. The first-order valence-electron chi connectivity index (χ1n) is 6.52. The third-order valence-corrected chi connectivity index (χ3v) is 2.95. The number of carbonyl (C=O) groups is 2. The Kier molecular flexibility index (Phi) is 5.38. The van der Waals surface area contributed by atoms with E-state index in [0.717, 1.165) is 32.0 Å². The van der Waals surface area contributed by atoms with Gasteiger partial charge in [-0.05, 0) is 58.4 Å². The van der Waals surface area contributed by atoms with E-state index in [1.807, 2.05) is 26.8 Å². The van der Waals surface area contributed by atoms with Crippen LogP contribution in [0.5, 0.6) is 0 Å². The van der Waals surface area contributed by atoms with Crippen LogP contribution < -0.4 is 5.32 Å². The topological polar surface area (TPSA) is 55.4 Å². The predicted octanol–water partition coefficient (Wildman–Crippen LogP) is 2.83. The van der Waals surface area contributed by atoms with Crippen LogP contribution in [0.4, 0.5) is 4.79 Å². The molecule has 1 rings (SSSR count). The number of carbonyl (C=O) groups excluding carboxylic acids is 2. The average Bonchev–Trinajstić information content (AvgIpc) is 2.25. The van der Waals surface area contributed by atoms with Crippen LogP contribution in [0.1, 0.15) is 46.5 Å². The monoisotopic (exact) mass is 253 g/mol. The number of allylic oxidation sites excluding steroid dienone is 2. The van der Waals surface area contributed by atoms with Crippen molar-refractivity contribution in [1.29, 1.82) is 0 Å². The molecule has 0 spiro atoms. The van der Waals surface area contributed by atoms with E-state index in [-0.39, 0.29) is 12.1 Å². The molecule has 0 bridgehead atoms. The summed E-state index contributed by atoms with van der Waals surface area (Å²) < 4.78 is 5.22. The predicted molar refractivity (Wildman–Crippen MR) is 70.3 cm³/mol. The molecule has 0 aromatic rings. The van der Waals surface area contributed by atoms with Crippen LogP contribution in [-0.2, 0) is 9.53 Å². The number of amides is 1. The van der Waals surface area contributed by atoms with E-state index in [1.165, 1.54) is 0 Å². The van der Waals surface area contributed by atoms with Gasteiger partial charge in [-0.1, -0.05) is 6.08 Å². The van der Waals surface area contributed by atoms with E-state index in [2.05, 4.69) is 5.32 Å². The first kappa shape index (κ1) is 14.7. The van der Waals surface area contributed by atoms with Gasteiger partial charge >= 0.3 is 6.09 Å². The van der Waals surface area contributed by atoms with Gasteiger partial charge in [0.15, 0.2) is 0 Å². The van der Waals surface area contributed by atoms with Gasteiger partial charge in [0.2, 0.25) is 0 Å². The maximum Gasteiger partial charge on any atom is 0.407 e. The molecule has 0 atom stereocenters. The van der Waals surface area contributed by atoms with Crippen molar-refractivity contribution in [2.24, 2.45) is 5.92 Å². The Bertz CT molecular complexity index is 309. The fourth-order valence-corrected chi connectivity index (χ4v) is 2.13. The van der Waals surface area contributed by atoms with Gasteiger partial charge in [0.1, 0.15) is 11.9 Å². The maximum absolute atomic E-state index is 11.6. The Morgan fingerprint density at radius 2 is 1.83 bits per heavy atom. The fourth-order valence-electron chi connectivity index (χ4n) is 2.13. The molecule has 1 fully saturated rings. The molecule has 0 unspecified atom stereocenters. The van der Waals surface area contributed by atoms with Crippen molar-refractivity contribution in [2.75, 3.05) is 0 Å². The Hall–Kier alpha value is -1.32. The molecule has 102 valence electrons. The number of rotatable bonds is 3. The lowest BCUT2D eigenvalue weighted by molar-refractivity contribution is -0.104. The second kappa shape index (κ2) is 6.57. The van der Waals surface area contributed by atoms with Gasteiger partial charge in [0.25, 0.3) is 0 Å². The molecule has 4 nitrogen and oxygen atoms in total. The van der Waals surface area contributed by atoms with Gasteiger partial charge in [-0.25, -0.2) is 4.79 Å². The first-order valence-corrected chi connectivity index (χ1v) is 6.52. The lowest BCUT2D eigenvalue weighted by Crippen LogP contribution is -2.40. The van der Waals surface area contributed by atoms with Gasteiger partial charge in [0.05, 0.1) is 0 Å². The third-order valence-electron chi connectivity index (χ3n) is 2.95. The molecule has 0 aromatic carbocycles. The van der Waals surface area contributed by atoms with Crippen LogP contribution in [0.3, 0.4) is 0 Å². The molecule has 0 aliphatic heterocycles. The maximum atomic E-state index is 11.6. The van der Waals surface area contributed by atoms with Crippen molar-refractivity contribution in [3.05, 3.63) is 12.2 Å². The minimum absolute atomic E-state index is 0.195. The SMILES string of the molecule is CC(C)(C)OC(=O)N[C@H]1CC[C@H](/C=C/C=O)CC1. The minimum atomic E-state index is -0.450. The molecule has 1 amide bonds. The molecule has 1 N–H and O–H groups in total. The van der Waals surface area contributed by atoms with Crippen molar-refractivity contribution < 1.29 is 14.3 Å². The van der Waals surface area contributed by atoms with E-state index in [0.29, 0.717) is 5.92 Å². The van der Waals surface area contributed by atoms with Crippen LogP contribution in [0.2, 0.25) is 0 Å². The fraction of sp³-hybridized carbons (Fsp3) is 0.714. The van der Waals surface area contributed by atoms with Crippen molar-refractivity contribution in [3.8, 4) is 0 Å². The second-order valence-corrected chi connectivity index (χ2v) is 5.78. The van der Waals surface area contributed by atoms with E-state index in [1.54, 1.807) is 6.08 Å². The zero-order valence-corrected chi connectivity index (χ0v) is 11.4. The molecule has 1 aliphatic rings. The summed E-state index contributed by atoms with van der Waals surface area (Å²) in [5.41, 5.74) is -0.450. The van der Waals surface area contributed by atoms with Gasteiger partial charge in [0, 0.05) is 6.04 Å². The van der Waals surface area contributed by atoms with Gasteiger partial charge < -0.3 is 10.1 Å². The molecule has 4 heteroatoms. The van der Waals surface area contributed by atoms with Crippen LogP contribution in [0.25, 0.3) is 0 Å². The zero-order chi connectivity index (χ0) is 13.6. The van der Waals surface area contributed by atoms with Gasteiger partial charge in [-0.2, -0.15) is 0 Å². The summed E-state index contributed by atoms with van der Waals surface area (Å²) in [6.07, 6.45) is 7.87. The summed E-state index contributed by atoms with van der Waals surface area (Å²) in [6, 6.07) is 0.195. The summed E-state index contributed by atoms with van der Waals surface area (Å²) in [5.74, 6) is 0.465. The number of hydrogen-bond donors (Lipinski definition) is 1. The van der Waals surface area contributed by atoms with Crippen LogP contribution >= 0.6 is 0 Å². The number of aldehydes is 1. The number of alkyl carbamates (subject to hydrolysis) is 1. The van der Waals surface area contributed by atoms with E-state index in [9.17, 15) is 9.59 Å². The molecule has 0 heterocycles. The molecular weight excluding hydrogens is 230 g/mol. The Morgan fingerprint density at radius 1 is 1.22 bits per heavy atom. The summed E-state index contributed by atoms with van der Waals surface area (Å²) in [7, 11) is 0. The highest BCUT2D eigenvalue weighted by Crippen LogP contribution is 2.25. The summed E-state index contributed by atoms with van der Waals surface area (Å²) in [5, 5.41) is 2.90. The second-order valence-electron chi connectivity index (χ2n) is 5.78. The van der Waals surface area contributed by atoms with E-state index >= 15 is 0 Å². The molecule has 1 saturated carbocycles. The van der Waals surface area contributed by atoms with E-state index in [4.69, 9.17) is 4.74 Å². The summed E-state index contributed by atoms with van der Waals surface area (Å²) in [6.45, 7) is 5.56. The number of hydrogen-bond acceptors (Lipinski definition) is 3. The standard InChI is InChI=1S/C14H23NO3/c1-14(2,3)18-13(17)15-12-8-6-11(7-9-12)5-4-10-16/h4-5,10-12H,6-9H2,1-3H3,(H,15,17)/b5-4+/t11-,12-. The molecule has 1 aliphatic carbocycles. The van der Waals surface area contributed by atoms with Crippen molar-refractivity contribution in [3.63, 3.8) is 0 Å². The number of ether oxygens (including phenoxy) is 1. The molecule has 0 aromatic heterocycles. The highest BCUT2D eigenvalue weighted by atomic mass is 16.6.